The quantitative estimate of drug-likeness (QED) is 0.509. The molecule has 9 nitrogen and oxygen atoms in total. The molecule has 2 heterocycles. The van der Waals surface area contributed by atoms with Crippen LogP contribution >= 0.6 is 0 Å². The number of piperidine rings is 1. The van der Waals surface area contributed by atoms with Crippen LogP contribution in [-0.2, 0) is 21.3 Å². The van der Waals surface area contributed by atoms with Crippen molar-refractivity contribution in [1.29, 1.82) is 0 Å². The Hall–Kier alpha value is -3.15. The number of rotatable bonds is 7. The van der Waals surface area contributed by atoms with Crippen molar-refractivity contribution in [2.24, 2.45) is 5.73 Å². The summed E-state index contributed by atoms with van der Waals surface area (Å²) in [6.07, 6.45) is 3.91. The Morgan fingerprint density at radius 3 is 2.68 bits per heavy atom. The number of hydrogen-bond donors (Lipinski definition) is 1. The lowest BCUT2D eigenvalue weighted by Gasteiger charge is -2.26. The third kappa shape index (κ3) is 4.72. The Balaban J connectivity index is 1.84. The van der Waals surface area contributed by atoms with Gasteiger partial charge >= 0.3 is 5.97 Å². The van der Waals surface area contributed by atoms with Crippen molar-refractivity contribution in [2.75, 3.05) is 26.7 Å². The van der Waals surface area contributed by atoms with Crippen LogP contribution in [0.15, 0.2) is 53.2 Å². The van der Waals surface area contributed by atoms with Crippen LogP contribution in [-0.4, -0.2) is 60.4 Å². The highest BCUT2D eigenvalue weighted by Crippen LogP contribution is 2.32. The van der Waals surface area contributed by atoms with Gasteiger partial charge in [-0.3, -0.25) is 0 Å². The number of carbonyl (C=O) groups is 1. The average molecular weight is 488 g/mol. The minimum atomic E-state index is -3.66. The number of nitrogens with two attached hydrogens (primary N) is 1. The number of sulfonamides is 1. The lowest BCUT2D eigenvalue weighted by atomic mass is 10.0. The highest BCUT2D eigenvalue weighted by molar-refractivity contribution is 7.89. The number of carbonyl (C=O) groups excluding carboxylic acids is 1. The van der Waals surface area contributed by atoms with E-state index >= 15 is 0 Å². The molecule has 0 radical (unpaired) electrons. The van der Waals surface area contributed by atoms with E-state index in [0.29, 0.717) is 35.2 Å². The predicted octanol–water partition coefficient (Wildman–Crippen LogP) is 2.87. The van der Waals surface area contributed by atoms with E-state index in [4.69, 9.17) is 10.5 Å². The second-order valence-corrected chi connectivity index (χ2v) is 9.95. The van der Waals surface area contributed by atoms with Gasteiger partial charge in [0.25, 0.3) is 0 Å². The Labute approximate surface area is 197 Å². The van der Waals surface area contributed by atoms with E-state index in [1.807, 2.05) is 0 Å². The van der Waals surface area contributed by atoms with Crippen LogP contribution in [0.4, 0.5) is 4.39 Å². The third-order valence-corrected chi connectivity index (χ3v) is 7.67. The van der Waals surface area contributed by atoms with Crippen molar-refractivity contribution in [3.8, 4) is 11.1 Å². The topological polar surface area (TPSA) is 120 Å². The number of aromatic nitrogens is 3. The number of allylic oxidation sites excluding steroid dienone is 1. The molecule has 180 valence electrons. The van der Waals surface area contributed by atoms with E-state index in [2.05, 4.69) is 10.3 Å². The summed E-state index contributed by atoms with van der Waals surface area (Å²) in [6, 6.07) is 9.60. The molecule has 34 heavy (non-hydrogen) atoms. The second-order valence-electron chi connectivity index (χ2n) is 8.01. The lowest BCUT2D eigenvalue weighted by molar-refractivity contribution is 0.0601. The van der Waals surface area contributed by atoms with Gasteiger partial charge in [0.15, 0.2) is 0 Å². The highest BCUT2D eigenvalue weighted by atomic mass is 32.2. The minimum Gasteiger partial charge on any atom is -0.465 e. The fourth-order valence-electron chi connectivity index (χ4n) is 4.05. The van der Waals surface area contributed by atoms with Crippen molar-refractivity contribution in [3.05, 3.63) is 53.9 Å². The predicted molar refractivity (Wildman–Crippen MR) is 125 cm³/mol. The summed E-state index contributed by atoms with van der Waals surface area (Å²) in [6.45, 7) is 0.812. The van der Waals surface area contributed by atoms with Crippen LogP contribution in [0.2, 0.25) is 0 Å². The van der Waals surface area contributed by atoms with Gasteiger partial charge in [-0.25, -0.2) is 22.3 Å². The first-order valence-electron chi connectivity index (χ1n) is 11.0. The van der Waals surface area contributed by atoms with Crippen molar-refractivity contribution < 1.29 is 22.3 Å². The maximum Gasteiger partial charge on any atom is 0.337 e. The molecule has 0 saturated carbocycles. The van der Waals surface area contributed by atoms with Crippen molar-refractivity contribution >= 4 is 27.0 Å². The van der Waals surface area contributed by atoms with Crippen LogP contribution in [0, 0.1) is 0 Å². The monoisotopic (exact) mass is 487 g/mol. The molecular weight excluding hydrogens is 461 g/mol. The van der Waals surface area contributed by atoms with Crippen LogP contribution in [0.3, 0.4) is 0 Å². The SMILES string of the molecule is COC(=O)c1cc(-c2cccc(S(=O)(=O)N3CCCCC3)c2)c2nnn(C/C(F)=C/CN)c2c1. The van der Waals surface area contributed by atoms with Gasteiger partial charge in [-0.05, 0) is 48.7 Å². The van der Waals surface area contributed by atoms with Crippen molar-refractivity contribution in [3.63, 3.8) is 0 Å². The molecule has 1 aromatic heterocycles. The van der Waals surface area contributed by atoms with E-state index in [9.17, 15) is 17.6 Å². The van der Waals surface area contributed by atoms with Crippen LogP contribution in [0.25, 0.3) is 22.2 Å². The Bertz CT molecular complexity index is 1350. The largest absolute Gasteiger partial charge is 0.465 e. The van der Waals surface area contributed by atoms with E-state index in [-0.39, 0.29) is 23.5 Å². The zero-order chi connectivity index (χ0) is 24.3. The Morgan fingerprint density at radius 1 is 1.21 bits per heavy atom. The number of nitrogens with zero attached hydrogens (tertiary/aromatic N) is 4. The zero-order valence-corrected chi connectivity index (χ0v) is 19.6. The summed E-state index contributed by atoms with van der Waals surface area (Å²) in [4.78, 5) is 12.5. The van der Waals surface area contributed by atoms with E-state index in [0.717, 1.165) is 19.3 Å². The van der Waals surface area contributed by atoms with Gasteiger partial charge in [-0.1, -0.05) is 23.8 Å². The minimum absolute atomic E-state index is 0.0371. The molecule has 0 unspecified atom stereocenters. The number of benzene rings is 2. The van der Waals surface area contributed by atoms with Gasteiger partial charge in [0.05, 0.1) is 29.6 Å². The molecule has 4 rings (SSSR count). The number of halogens is 1. The number of methoxy groups -OCH3 is 1. The standard InChI is InChI=1S/C23H26FN5O4S/c1-33-23(30)17-13-20(22-21(14-17)29(27-26-22)15-18(24)8-9-25)16-6-5-7-19(12-16)34(31,32)28-10-3-2-4-11-28/h5-8,12-14H,2-4,9-11,15,25H2,1H3/b18-8-. The molecule has 0 atom stereocenters. The Kier molecular flexibility index (Phi) is 7.05. The average Bonchev–Trinajstić information content (AvgIpc) is 3.26. The zero-order valence-electron chi connectivity index (χ0n) is 18.8. The molecule has 2 aromatic carbocycles. The number of hydrogen-bond acceptors (Lipinski definition) is 7. The van der Waals surface area contributed by atoms with Crippen molar-refractivity contribution in [2.45, 2.75) is 30.7 Å². The molecule has 2 N–H and O–H groups in total. The van der Waals surface area contributed by atoms with Gasteiger partial charge in [0.1, 0.15) is 11.3 Å². The molecule has 11 heteroatoms. The molecule has 0 aliphatic carbocycles. The summed E-state index contributed by atoms with van der Waals surface area (Å²) >= 11 is 0. The van der Waals surface area contributed by atoms with Gasteiger partial charge in [-0.2, -0.15) is 4.31 Å². The maximum absolute atomic E-state index is 14.1. The van der Waals surface area contributed by atoms with Crippen molar-refractivity contribution in [1.82, 2.24) is 19.3 Å². The van der Waals surface area contributed by atoms with Crippen LogP contribution in [0.5, 0.6) is 0 Å². The van der Waals surface area contributed by atoms with E-state index < -0.39 is 21.8 Å². The molecule has 0 bridgehead atoms. The first kappa shape index (κ1) is 24.0. The van der Waals surface area contributed by atoms with Gasteiger partial charge < -0.3 is 10.5 Å². The number of esters is 1. The summed E-state index contributed by atoms with van der Waals surface area (Å²) in [5.41, 5.74) is 7.43. The molecule has 0 amide bonds. The summed E-state index contributed by atoms with van der Waals surface area (Å²) in [5.74, 6) is -1.08. The molecule has 1 aliphatic heterocycles. The number of ether oxygens (including phenoxy) is 1. The maximum atomic E-state index is 14.1. The van der Waals surface area contributed by atoms with Crippen LogP contribution in [0.1, 0.15) is 29.6 Å². The first-order chi connectivity index (χ1) is 16.3. The van der Waals surface area contributed by atoms with E-state index in [1.54, 1.807) is 30.3 Å². The fourth-order valence-corrected chi connectivity index (χ4v) is 5.62. The van der Waals surface area contributed by atoms with Gasteiger partial charge in [-0.15, -0.1) is 5.10 Å². The summed E-state index contributed by atoms with van der Waals surface area (Å²) < 4.78 is 48.2. The third-order valence-electron chi connectivity index (χ3n) is 5.78. The molecule has 3 aromatic rings. The van der Waals surface area contributed by atoms with Gasteiger partial charge in [0.2, 0.25) is 10.0 Å². The Morgan fingerprint density at radius 2 is 1.97 bits per heavy atom. The lowest BCUT2D eigenvalue weighted by Crippen LogP contribution is -2.35. The fraction of sp³-hybridized carbons (Fsp3) is 0.348. The van der Waals surface area contributed by atoms with E-state index in [1.165, 1.54) is 28.2 Å². The molecular formula is C23H26FN5O4S. The smallest absolute Gasteiger partial charge is 0.337 e. The van der Waals surface area contributed by atoms with Crippen LogP contribution < -0.4 is 5.73 Å². The number of fused-ring (bicyclic) bond motifs is 1. The normalized spacial score (nSPS) is 15.6. The van der Waals surface area contributed by atoms with Gasteiger partial charge in [0, 0.05) is 25.2 Å². The summed E-state index contributed by atoms with van der Waals surface area (Å²) in [7, 11) is -2.40. The molecule has 1 saturated heterocycles. The molecule has 1 fully saturated rings. The molecule has 1 aliphatic rings. The first-order valence-corrected chi connectivity index (χ1v) is 12.4. The second kappa shape index (κ2) is 10.00. The summed E-state index contributed by atoms with van der Waals surface area (Å²) in [5, 5.41) is 8.23. The molecule has 0 spiro atoms. The highest BCUT2D eigenvalue weighted by Gasteiger charge is 2.26.